The highest BCUT2D eigenvalue weighted by Crippen LogP contribution is 2.33. The van der Waals surface area contributed by atoms with E-state index in [2.05, 4.69) is 20.3 Å². The van der Waals surface area contributed by atoms with Crippen LogP contribution in [0.4, 0.5) is 22.0 Å². The summed E-state index contributed by atoms with van der Waals surface area (Å²) in [6, 6.07) is 6.89. The number of nitrogens with one attached hydrogen (secondary N) is 2. The van der Waals surface area contributed by atoms with Crippen molar-refractivity contribution in [3.8, 4) is 0 Å². The second kappa shape index (κ2) is 9.09. The van der Waals surface area contributed by atoms with Crippen molar-refractivity contribution in [1.29, 1.82) is 0 Å². The molecule has 0 saturated carbocycles. The molecule has 2 aromatic heterocycles. The number of rotatable bonds is 5. The summed E-state index contributed by atoms with van der Waals surface area (Å²) in [5.74, 6) is -4.62. The molecule has 0 radical (unpaired) electrons. The maximum absolute atomic E-state index is 13.7. The third-order valence-corrected chi connectivity index (χ3v) is 5.75. The SMILES string of the molecule is O=C(NCC(c1cnc(C(F)(F)F)nc1)N1CCC(F)(F)CC1)c1cccc2[nH]c(=O)ccc12. The lowest BCUT2D eigenvalue weighted by atomic mass is 10.0. The van der Waals surface area contributed by atoms with Gasteiger partial charge >= 0.3 is 6.18 Å². The minimum atomic E-state index is -4.72. The highest BCUT2D eigenvalue weighted by atomic mass is 19.4. The molecule has 1 saturated heterocycles. The highest BCUT2D eigenvalue weighted by molar-refractivity contribution is 6.06. The summed E-state index contributed by atoms with van der Waals surface area (Å²) in [5, 5.41) is 3.24. The van der Waals surface area contributed by atoms with Crippen LogP contribution in [0.15, 0.2) is 47.5 Å². The summed E-state index contributed by atoms with van der Waals surface area (Å²) >= 11 is 0. The molecule has 3 heterocycles. The largest absolute Gasteiger partial charge is 0.451 e. The van der Waals surface area contributed by atoms with Gasteiger partial charge in [-0.15, -0.1) is 0 Å². The number of benzene rings is 1. The molecule has 1 aromatic carbocycles. The quantitative estimate of drug-likeness (QED) is 0.544. The maximum Gasteiger partial charge on any atom is 0.451 e. The van der Waals surface area contributed by atoms with Crippen molar-refractivity contribution in [3.63, 3.8) is 0 Å². The van der Waals surface area contributed by atoms with Crippen LogP contribution in [-0.2, 0) is 6.18 Å². The number of carbonyl (C=O) groups is 1. The maximum atomic E-state index is 13.7. The summed E-state index contributed by atoms with van der Waals surface area (Å²) in [6.45, 7) is -0.0903. The Morgan fingerprint density at radius 2 is 1.79 bits per heavy atom. The van der Waals surface area contributed by atoms with Crippen LogP contribution in [0, 0.1) is 0 Å². The van der Waals surface area contributed by atoms with Gasteiger partial charge in [0, 0.05) is 73.0 Å². The van der Waals surface area contributed by atoms with E-state index in [1.165, 1.54) is 12.1 Å². The molecule has 1 aliphatic rings. The fraction of sp³-hybridized carbons (Fsp3) is 0.364. The lowest BCUT2D eigenvalue weighted by Crippen LogP contribution is -2.45. The predicted molar refractivity (Wildman–Crippen MR) is 112 cm³/mol. The lowest BCUT2D eigenvalue weighted by molar-refractivity contribution is -0.145. The fourth-order valence-corrected chi connectivity index (χ4v) is 3.95. The Labute approximate surface area is 190 Å². The van der Waals surface area contributed by atoms with Crippen LogP contribution in [-0.4, -0.2) is 51.3 Å². The molecule has 1 fully saturated rings. The lowest BCUT2D eigenvalue weighted by Gasteiger charge is -2.37. The first-order valence-corrected chi connectivity index (χ1v) is 10.4. The van der Waals surface area contributed by atoms with Crippen LogP contribution in [0.3, 0.4) is 0 Å². The second-order valence-electron chi connectivity index (χ2n) is 8.04. The number of amides is 1. The number of aromatic amines is 1. The molecule has 1 amide bonds. The third-order valence-electron chi connectivity index (χ3n) is 5.75. The Bertz CT molecular complexity index is 1230. The van der Waals surface area contributed by atoms with Crippen LogP contribution in [0.1, 0.15) is 40.6 Å². The van der Waals surface area contributed by atoms with E-state index in [1.807, 2.05) is 0 Å². The number of alkyl halides is 5. The smallest absolute Gasteiger partial charge is 0.350 e. The summed E-state index contributed by atoms with van der Waals surface area (Å²) in [5.41, 5.74) is 0.683. The number of pyridine rings is 1. The van der Waals surface area contributed by atoms with E-state index in [0.29, 0.717) is 10.9 Å². The molecule has 2 N–H and O–H groups in total. The van der Waals surface area contributed by atoms with Crippen molar-refractivity contribution in [2.45, 2.75) is 31.0 Å². The first-order valence-electron chi connectivity index (χ1n) is 10.4. The van der Waals surface area contributed by atoms with Crippen molar-refractivity contribution in [1.82, 2.24) is 25.2 Å². The average Bonchev–Trinajstić information content (AvgIpc) is 2.79. The van der Waals surface area contributed by atoms with Crippen molar-refractivity contribution in [2.75, 3.05) is 19.6 Å². The van der Waals surface area contributed by atoms with Gasteiger partial charge in [0.2, 0.25) is 11.4 Å². The number of hydrogen-bond acceptors (Lipinski definition) is 5. The number of halogens is 5. The van der Waals surface area contributed by atoms with Gasteiger partial charge in [-0.1, -0.05) is 6.07 Å². The standard InChI is InChI=1S/C22H20F5N5O2/c23-21(24)6-8-32(9-7-21)17(13-10-29-20(30-11-13)22(25,26)27)12-28-19(34)15-2-1-3-16-14(15)4-5-18(33)31-16/h1-5,10-11,17H,6-9,12H2,(H,28,34)(H,31,33). The number of aromatic nitrogens is 3. The molecule has 7 nitrogen and oxygen atoms in total. The number of nitrogens with zero attached hydrogens (tertiary/aromatic N) is 3. The summed E-state index contributed by atoms with van der Waals surface area (Å²) in [6.07, 6.45) is -3.53. The van der Waals surface area contributed by atoms with E-state index in [1.54, 1.807) is 23.1 Å². The molecule has 12 heteroatoms. The Hall–Kier alpha value is -3.41. The Morgan fingerprint density at radius 1 is 1.12 bits per heavy atom. The molecule has 0 spiro atoms. The van der Waals surface area contributed by atoms with E-state index < -0.39 is 42.7 Å². The highest BCUT2D eigenvalue weighted by Gasteiger charge is 2.38. The van der Waals surface area contributed by atoms with E-state index in [-0.39, 0.29) is 36.3 Å². The van der Waals surface area contributed by atoms with E-state index >= 15 is 0 Å². The van der Waals surface area contributed by atoms with Gasteiger partial charge in [-0.05, 0) is 18.2 Å². The minimum absolute atomic E-state index is 0.00986. The molecule has 180 valence electrons. The zero-order chi connectivity index (χ0) is 24.5. The second-order valence-corrected chi connectivity index (χ2v) is 8.04. The van der Waals surface area contributed by atoms with Gasteiger partial charge in [-0.25, -0.2) is 18.7 Å². The van der Waals surface area contributed by atoms with Crippen molar-refractivity contribution < 1.29 is 26.7 Å². The van der Waals surface area contributed by atoms with Crippen LogP contribution in [0.25, 0.3) is 10.9 Å². The van der Waals surface area contributed by atoms with Crippen molar-refractivity contribution >= 4 is 16.8 Å². The minimum Gasteiger partial charge on any atom is -0.350 e. The van der Waals surface area contributed by atoms with Crippen LogP contribution in [0.5, 0.6) is 0 Å². The molecule has 0 aliphatic carbocycles. The molecular weight excluding hydrogens is 461 g/mol. The van der Waals surface area contributed by atoms with E-state index in [4.69, 9.17) is 0 Å². The topological polar surface area (TPSA) is 91.0 Å². The third kappa shape index (κ3) is 5.22. The molecule has 0 bridgehead atoms. The van der Waals surface area contributed by atoms with E-state index in [9.17, 15) is 31.5 Å². The first kappa shape index (κ1) is 23.7. The number of likely N-dealkylation sites (tertiary alicyclic amines) is 1. The molecule has 1 unspecified atom stereocenters. The first-order chi connectivity index (χ1) is 16.0. The van der Waals surface area contributed by atoms with Crippen LogP contribution in [0.2, 0.25) is 0 Å². The number of H-pyrrole nitrogens is 1. The van der Waals surface area contributed by atoms with Crippen molar-refractivity contribution in [2.24, 2.45) is 0 Å². The van der Waals surface area contributed by atoms with Gasteiger partial charge in [-0.2, -0.15) is 13.2 Å². The summed E-state index contributed by atoms with van der Waals surface area (Å²) in [4.78, 5) is 35.5. The van der Waals surface area contributed by atoms with Gasteiger partial charge in [0.25, 0.3) is 11.8 Å². The normalized spacial score (nSPS) is 17.4. The monoisotopic (exact) mass is 481 g/mol. The van der Waals surface area contributed by atoms with Crippen LogP contribution < -0.4 is 10.9 Å². The van der Waals surface area contributed by atoms with Gasteiger partial charge in [0.15, 0.2) is 0 Å². The molecule has 1 atom stereocenters. The molecule has 4 rings (SSSR count). The molecule has 34 heavy (non-hydrogen) atoms. The molecular formula is C22H20F5N5O2. The zero-order valence-electron chi connectivity index (χ0n) is 17.7. The fourth-order valence-electron chi connectivity index (χ4n) is 3.95. The summed E-state index contributed by atoms with van der Waals surface area (Å²) in [7, 11) is 0. The zero-order valence-corrected chi connectivity index (χ0v) is 17.7. The van der Waals surface area contributed by atoms with Gasteiger partial charge in [-0.3, -0.25) is 14.5 Å². The van der Waals surface area contributed by atoms with E-state index in [0.717, 1.165) is 12.4 Å². The van der Waals surface area contributed by atoms with Crippen LogP contribution >= 0.6 is 0 Å². The number of carbonyl (C=O) groups excluding carboxylic acids is 1. The Balaban J connectivity index is 1.57. The predicted octanol–water partition coefficient (Wildman–Crippen LogP) is 3.54. The Morgan fingerprint density at radius 3 is 2.44 bits per heavy atom. The van der Waals surface area contributed by atoms with Crippen molar-refractivity contribution in [3.05, 3.63) is 70.0 Å². The Kier molecular flexibility index (Phi) is 6.34. The van der Waals surface area contributed by atoms with Gasteiger partial charge < -0.3 is 10.3 Å². The number of piperidine rings is 1. The molecule has 1 aliphatic heterocycles. The van der Waals surface area contributed by atoms with Gasteiger partial charge in [0.1, 0.15) is 0 Å². The molecule has 3 aromatic rings. The average molecular weight is 481 g/mol. The van der Waals surface area contributed by atoms with Gasteiger partial charge in [0.05, 0.1) is 6.04 Å². The number of hydrogen-bond donors (Lipinski definition) is 2. The number of fused-ring (bicyclic) bond motifs is 1. The summed E-state index contributed by atoms with van der Waals surface area (Å²) < 4.78 is 65.9.